The first-order valence-electron chi connectivity index (χ1n) is 12.1. The molecule has 5 N–H and O–H groups in total. The van der Waals surface area contributed by atoms with Crippen molar-refractivity contribution in [2.45, 2.75) is 25.0 Å². The maximum atomic E-state index is 12.4. The summed E-state index contributed by atoms with van der Waals surface area (Å²) < 4.78 is 10.6. The molecule has 1 heterocycles. The van der Waals surface area contributed by atoms with Gasteiger partial charge in [0.25, 0.3) is 5.91 Å². The molecule has 0 unspecified atom stereocenters. The van der Waals surface area contributed by atoms with E-state index in [1.165, 1.54) is 5.56 Å². The van der Waals surface area contributed by atoms with Crippen molar-refractivity contribution in [3.8, 4) is 0 Å². The molecule has 0 radical (unpaired) electrons. The van der Waals surface area contributed by atoms with Crippen LogP contribution in [0.5, 0.6) is 0 Å². The number of carbonyl (C=O) groups is 2. The summed E-state index contributed by atoms with van der Waals surface area (Å²) in [5, 5.41) is 9.08. The van der Waals surface area contributed by atoms with Crippen LogP contribution in [-0.2, 0) is 16.1 Å². The zero-order valence-corrected chi connectivity index (χ0v) is 19.9. The number of amides is 2. The van der Waals surface area contributed by atoms with Crippen molar-refractivity contribution >= 4 is 29.1 Å². The molecule has 8 nitrogen and oxygen atoms in total. The average molecular weight is 487 g/mol. The molecule has 36 heavy (non-hydrogen) atoms. The Kier molecular flexibility index (Phi) is 7.16. The van der Waals surface area contributed by atoms with E-state index in [-0.39, 0.29) is 12.5 Å². The number of hydrogen-bond acceptors (Lipinski definition) is 6. The molecule has 1 saturated carbocycles. The lowest BCUT2D eigenvalue weighted by molar-refractivity contribution is -0.0308. The number of anilines is 3. The first-order valence-corrected chi connectivity index (χ1v) is 12.1. The molecule has 186 valence electrons. The summed E-state index contributed by atoms with van der Waals surface area (Å²) in [6, 6.07) is 22.4. The maximum Gasteiger partial charge on any atom is 0.411 e. The number of carbonyl (C=O) groups excluding carboxylic acids is 2. The summed E-state index contributed by atoms with van der Waals surface area (Å²) in [4.78, 5) is 24.7. The van der Waals surface area contributed by atoms with Crippen LogP contribution in [0.15, 0.2) is 72.8 Å². The monoisotopic (exact) mass is 486 g/mol. The minimum Gasteiger partial charge on any atom is -0.444 e. The molecule has 2 amide bonds. The van der Waals surface area contributed by atoms with Crippen LogP contribution in [-0.4, -0.2) is 37.8 Å². The van der Waals surface area contributed by atoms with Crippen molar-refractivity contribution in [3.05, 3.63) is 89.5 Å². The summed E-state index contributed by atoms with van der Waals surface area (Å²) >= 11 is 0. The average Bonchev–Trinajstić information content (AvgIpc) is 3.63. The number of ether oxygens (including phenoxy) is 2. The van der Waals surface area contributed by atoms with Crippen molar-refractivity contribution in [1.82, 2.24) is 5.32 Å². The van der Waals surface area contributed by atoms with E-state index >= 15 is 0 Å². The van der Waals surface area contributed by atoms with E-state index in [1.54, 1.807) is 48.5 Å². The fourth-order valence-electron chi connectivity index (χ4n) is 4.18. The smallest absolute Gasteiger partial charge is 0.411 e. The second-order valence-electron chi connectivity index (χ2n) is 9.32. The summed E-state index contributed by atoms with van der Waals surface area (Å²) in [7, 11) is 0. The van der Waals surface area contributed by atoms with Crippen molar-refractivity contribution in [2.75, 3.05) is 36.1 Å². The number of benzene rings is 3. The Morgan fingerprint density at radius 3 is 2.39 bits per heavy atom. The maximum absolute atomic E-state index is 12.4. The van der Waals surface area contributed by atoms with Crippen LogP contribution < -0.4 is 21.7 Å². The lowest BCUT2D eigenvalue weighted by atomic mass is 10.1. The minimum absolute atomic E-state index is 0.180. The standard InChI is InChI=1S/C28H30N4O4/c29-24-3-1-2-4-25(24)32-27(33)21-9-11-22(12-10-21)31-28(34)36-17-18-5-7-20(8-6-18)23-13-26(23)30-14-19-15-35-16-19/h1-12,19,23,26,30H,13-17,29H2,(H,31,34)(H,32,33)/t23-,26+/m1/s1. The fraction of sp³-hybridized carbons (Fsp3) is 0.286. The highest BCUT2D eigenvalue weighted by molar-refractivity contribution is 6.06. The summed E-state index contributed by atoms with van der Waals surface area (Å²) in [6.07, 6.45) is 0.604. The summed E-state index contributed by atoms with van der Waals surface area (Å²) in [5.41, 5.74) is 10.1. The van der Waals surface area contributed by atoms with Crippen LogP contribution in [0, 0.1) is 5.92 Å². The molecule has 2 atom stereocenters. The topological polar surface area (TPSA) is 115 Å². The van der Waals surface area contributed by atoms with Gasteiger partial charge >= 0.3 is 6.09 Å². The molecule has 1 aliphatic carbocycles. The van der Waals surface area contributed by atoms with Crippen LogP contribution in [0.3, 0.4) is 0 Å². The lowest BCUT2D eigenvalue weighted by Gasteiger charge is -2.26. The van der Waals surface area contributed by atoms with Crippen molar-refractivity contribution in [1.29, 1.82) is 0 Å². The lowest BCUT2D eigenvalue weighted by Crippen LogP contribution is -2.37. The largest absolute Gasteiger partial charge is 0.444 e. The molecule has 0 spiro atoms. The molecular formula is C28H30N4O4. The molecule has 0 aromatic heterocycles. The van der Waals surface area contributed by atoms with E-state index < -0.39 is 6.09 Å². The highest BCUT2D eigenvalue weighted by Crippen LogP contribution is 2.41. The van der Waals surface area contributed by atoms with Gasteiger partial charge in [0.05, 0.1) is 24.6 Å². The molecular weight excluding hydrogens is 456 g/mol. The predicted molar refractivity (Wildman–Crippen MR) is 139 cm³/mol. The molecule has 1 aliphatic heterocycles. The molecule has 2 fully saturated rings. The Labute approximate surface area is 210 Å². The summed E-state index contributed by atoms with van der Waals surface area (Å²) in [5.74, 6) is 0.931. The highest BCUT2D eigenvalue weighted by atomic mass is 16.5. The Balaban J connectivity index is 1.05. The fourth-order valence-corrected chi connectivity index (χ4v) is 4.18. The van der Waals surface area contributed by atoms with Crippen LogP contribution in [0.1, 0.15) is 33.8 Å². The molecule has 5 rings (SSSR count). The van der Waals surface area contributed by atoms with Gasteiger partial charge < -0.3 is 25.8 Å². The van der Waals surface area contributed by atoms with Gasteiger partial charge in [-0.15, -0.1) is 0 Å². The van der Waals surface area contributed by atoms with Gasteiger partial charge in [-0.2, -0.15) is 0 Å². The number of hydrogen-bond donors (Lipinski definition) is 4. The van der Waals surface area contributed by atoms with Gasteiger partial charge in [0.1, 0.15) is 6.61 Å². The minimum atomic E-state index is -0.556. The van der Waals surface area contributed by atoms with Gasteiger partial charge in [0, 0.05) is 35.7 Å². The number of nitrogen functional groups attached to an aromatic ring is 1. The number of nitrogens with two attached hydrogens (primary N) is 1. The normalized spacial score (nSPS) is 18.7. The molecule has 2 aliphatic rings. The molecule has 3 aromatic carbocycles. The highest BCUT2D eigenvalue weighted by Gasteiger charge is 2.38. The Morgan fingerprint density at radius 1 is 0.944 bits per heavy atom. The van der Waals surface area contributed by atoms with E-state index in [0.29, 0.717) is 40.5 Å². The Bertz CT molecular complexity index is 1210. The molecule has 3 aromatic rings. The van der Waals surface area contributed by atoms with Gasteiger partial charge in [-0.1, -0.05) is 36.4 Å². The van der Waals surface area contributed by atoms with Gasteiger partial charge in [0.15, 0.2) is 0 Å². The SMILES string of the molecule is Nc1ccccc1NC(=O)c1ccc(NC(=O)OCc2ccc([C@H]3C[C@@H]3NCC3COC3)cc2)cc1. The van der Waals surface area contributed by atoms with E-state index in [1.807, 2.05) is 12.1 Å². The van der Waals surface area contributed by atoms with Gasteiger partial charge in [-0.25, -0.2) is 4.79 Å². The van der Waals surface area contributed by atoms with Crippen molar-refractivity contribution in [3.63, 3.8) is 0 Å². The number of para-hydroxylation sites is 2. The Morgan fingerprint density at radius 2 is 1.69 bits per heavy atom. The molecule has 8 heteroatoms. The zero-order valence-electron chi connectivity index (χ0n) is 19.9. The van der Waals surface area contributed by atoms with Crippen LogP contribution in [0.4, 0.5) is 21.9 Å². The third-order valence-corrected chi connectivity index (χ3v) is 6.55. The molecule has 1 saturated heterocycles. The second kappa shape index (κ2) is 10.8. The number of nitrogens with one attached hydrogen (secondary N) is 3. The van der Waals surface area contributed by atoms with Crippen LogP contribution in [0.2, 0.25) is 0 Å². The third kappa shape index (κ3) is 6.02. The van der Waals surface area contributed by atoms with Gasteiger partial charge in [0.2, 0.25) is 0 Å². The zero-order chi connectivity index (χ0) is 24.9. The quantitative estimate of drug-likeness (QED) is 0.334. The van der Waals surface area contributed by atoms with Crippen LogP contribution >= 0.6 is 0 Å². The molecule has 0 bridgehead atoms. The Hall–Kier alpha value is -3.88. The second-order valence-corrected chi connectivity index (χ2v) is 9.32. The van der Waals surface area contributed by atoms with E-state index in [9.17, 15) is 9.59 Å². The van der Waals surface area contributed by atoms with Gasteiger partial charge in [-0.3, -0.25) is 10.1 Å². The van der Waals surface area contributed by atoms with Crippen molar-refractivity contribution in [2.24, 2.45) is 5.92 Å². The van der Waals surface area contributed by atoms with E-state index in [2.05, 4.69) is 28.1 Å². The van der Waals surface area contributed by atoms with E-state index in [0.717, 1.165) is 31.7 Å². The number of rotatable bonds is 9. The van der Waals surface area contributed by atoms with Gasteiger partial charge in [-0.05, 0) is 53.9 Å². The van der Waals surface area contributed by atoms with Crippen molar-refractivity contribution < 1.29 is 19.1 Å². The predicted octanol–water partition coefficient (Wildman–Crippen LogP) is 4.36. The summed E-state index contributed by atoms with van der Waals surface area (Å²) in [6.45, 7) is 2.96. The third-order valence-electron chi connectivity index (χ3n) is 6.55. The first-order chi connectivity index (χ1) is 17.5. The van der Waals surface area contributed by atoms with E-state index in [4.69, 9.17) is 15.2 Å². The van der Waals surface area contributed by atoms with Crippen LogP contribution in [0.25, 0.3) is 0 Å². The first kappa shape index (κ1) is 23.8.